The highest BCUT2D eigenvalue weighted by Crippen LogP contribution is 2.13. The van der Waals surface area contributed by atoms with Crippen LogP contribution in [-0.2, 0) is 6.54 Å². The number of hydrogen-bond donors (Lipinski definition) is 2. The monoisotopic (exact) mass is 352 g/mol. The standard InChI is InChI=1S/C19H17ClN4O/c1-13-3-2-4-14(11-13)12-21-17-9-10-18(24-23-17)22-19(25)15-5-7-16(20)8-6-15/h2-11H,12H2,1H3,(H,21,23)(H,22,24,25). The van der Waals surface area contributed by atoms with Gasteiger partial charge in [0.2, 0.25) is 0 Å². The molecule has 0 fully saturated rings. The fraction of sp³-hybridized carbons (Fsp3) is 0.105. The lowest BCUT2D eigenvalue weighted by Gasteiger charge is -2.07. The van der Waals surface area contributed by atoms with Crippen LogP contribution in [0.2, 0.25) is 5.02 Å². The van der Waals surface area contributed by atoms with Crippen molar-refractivity contribution in [1.29, 1.82) is 0 Å². The van der Waals surface area contributed by atoms with Crippen LogP contribution in [0.3, 0.4) is 0 Å². The van der Waals surface area contributed by atoms with Crippen molar-refractivity contribution in [3.05, 3.63) is 82.4 Å². The summed E-state index contributed by atoms with van der Waals surface area (Å²) in [5.74, 6) is 0.776. The molecular weight excluding hydrogens is 336 g/mol. The lowest BCUT2D eigenvalue weighted by atomic mass is 10.1. The van der Waals surface area contributed by atoms with Gasteiger partial charge >= 0.3 is 0 Å². The van der Waals surface area contributed by atoms with Crippen molar-refractivity contribution >= 4 is 29.1 Å². The highest BCUT2D eigenvalue weighted by Gasteiger charge is 2.07. The zero-order valence-electron chi connectivity index (χ0n) is 13.7. The average Bonchev–Trinajstić information content (AvgIpc) is 2.62. The number of nitrogens with zero attached hydrogens (tertiary/aromatic N) is 2. The molecule has 2 N–H and O–H groups in total. The smallest absolute Gasteiger partial charge is 0.256 e. The van der Waals surface area contributed by atoms with Gasteiger partial charge in [0.05, 0.1) is 0 Å². The molecule has 0 bridgehead atoms. The summed E-state index contributed by atoms with van der Waals surface area (Å²) < 4.78 is 0. The molecule has 0 atom stereocenters. The maximum absolute atomic E-state index is 12.1. The second-order valence-electron chi connectivity index (χ2n) is 5.61. The summed E-state index contributed by atoms with van der Waals surface area (Å²) in [6.45, 7) is 2.72. The van der Waals surface area contributed by atoms with Crippen LogP contribution in [0.25, 0.3) is 0 Å². The normalized spacial score (nSPS) is 10.3. The summed E-state index contributed by atoms with van der Waals surface area (Å²) in [7, 11) is 0. The predicted octanol–water partition coefficient (Wildman–Crippen LogP) is 4.30. The van der Waals surface area contributed by atoms with Crippen LogP contribution in [0.4, 0.5) is 11.6 Å². The van der Waals surface area contributed by atoms with E-state index in [0.29, 0.717) is 28.8 Å². The van der Waals surface area contributed by atoms with Crippen LogP contribution in [0, 0.1) is 6.92 Å². The van der Waals surface area contributed by atoms with Crippen LogP contribution in [-0.4, -0.2) is 16.1 Å². The Labute approximate surface area is 151 Å². The molecule has 1 heterocycles. The highest BCUT2D eigenvalue weighted by atomic mass is 35.5. The van der Waals surface area contributed by atoms with Crippen molar-refractivity contribution in [3.63, 3.8) is 0 Å². The molecule has 2 aromatic carbocycles. The van der Waals surface area contributed by atoms with Crippen LogP contribution in [0.5, 0.6) is 0 Å². The topological polar surface area (TPSA) is 66.9 Å². The molecule has 25 heavy (non-hydrogen) atoms. The molecule has 126 valence electrons. The lowest BCUT2D eigenvalue weighted by Crippen LogP contribution is -2.13. The minimum atomic E-state index is -0.258. The van der Waals surface area contributed by atoms with Crippen LogP contribution < -0.4 is 10.6 Å². The van der Waals surface area contributed by atoms with Crippen molar-refractivity contribution in [2.45, 2.75) is 13.5 Å². The van der Waals surface area contributed by atoms with E-state index in [4.69, 9.17) is 11.6 Å². The first kappa shape index (κ1) is 16.9. The molecule has 0 aliphatic heterocycles. The van der Waals surface area contributed by atoms with E-state index >= 15 is 0 Å². The first-order valence-electron chi connectivity index (χ1n) is 7.80. The lowest BCUT2D eigenvalue weighted by molar-refractivity contribution is 0.102. The number of carbonyl (C=O) groups is 1. The van der Waals surface area contributed by atoms with Crippen LogP contribution >= 0.6 is 11.6 Å². The summed E-state index contributed by atoms with van der Waals surface area (Å²) in [5.41, 5.74) is 2.89. The van der Waals surface area contributed by atoms with Crippen molar-refractivity contribution < 1.29 is 4.79 Å². The Kier molecular flexibility index (Phi) is 5.26. The molecule has 3 aromatic rings. The van der Waals surface area contributed by atoms with Gasteiger partial charge in [-0.1, -0.05) is 41.4 Å². The third-order valence-electron chi connectivity index (χ3n) is 3.57. The van der Waals surface area contributed by atoms with E-state index in [2.05, 4.69) is 39.9 Å². The fourth-order valence-electron chi connectivity index (χ4n) is 2.30. The van der Waals surface area contributed by atoms with Gasteiger partial charge in [0.25, 0.3) is 5.91 Å². The zero-order chi connectivity index (χ0) is 17.6. The van der Waals surface area contributed by atoms with E-state index in [9.17, 15) is 4.79 Å². The van der Waals surface area contributed by atoms with Crippen LogP contribution in [0.15, 0.2) is 60.7 Å². The number of carbonyl (C=O) groups excluding carboxylic acids is 1. The Bertz CT molecular complexity index is 863. The van der Waals surface area contributed by atoms with Crippen molar-refractivity contribution in [3.8, 4) is 0 Å². The molecule has 0 aliphatic carbocycles. The van der Waals surface area contributed by atoms with Gasteiger partial charge in [-0.3, -0.25) is 4.79 Å². The van der Waals surface area contributed by atoms with E-state index in [1.54, 1.807) is 36.4 Å². The number of anilines is 2. The van der Waals surface area contributed by atoms with Gasteiger partial charge in [0, 0.05) is 17.1 Å². The Morgan fingerprint density at radius 1 is 1.00 bits per heavy atom. The zero-order valence-corrected chi connectivity index (χ0v) is 14.4. The summed E-state index contributed by atoms with van der Waals surface area (Å²) in [6.07, 6.45) is 0. The molecule has 1 amide bonds. The average molecular weight is 353 g/mol. The predicted molar refractivity (Wildman–Crippen MR) is 99.9 cm³/mol. The molecule has 3 rings (SSSR count). The van der Waals surface area contributed by atoms with Crippen molar-refractivity contribution in [2.75, 3.05) is 10.6 Å². The van der Waals surface area contributed by atoms with E-state index < -0.39 is 0 Å². The van der Waals surface area contributed by atoms with Gasteiger partial charge in [-0.05, 0) is 48.9 Å². The number of amides is 1. The molecular formula is C19H17ClN4O. The Balaban J connectivity index is 1.58. The van der Waals surface area contributed by atoms with Gasteiger partial charge in [-0.25, -0.2) is 0 Å². The van der Waals surface area contributed by atoms with E-state index in [1.165, 1.54) is 11.1 Å². The minimum Gasteiger partial charge on any atom is -0.365 e. The highest BCUT2D eigenvalue weighted by molar-refractivity contribution is 6.30. The van der Waals surface area contributed by atoms with E-state index in [0.717, 1.165) is 0 Å². The van der Waals surface area contributed by atoms with E-state index in [-0.39, 0.29) is 5.91 Å². The Morgan fingerprint density at radius 2 is 1.72 bits per heavy atom. The number of aryl methyl sites for hydroxylation is 1. The summed E-state index contributed by atoms with van der Waals surface area (Å²) >= 11 is 5.82. The number of hydrogen-bond acceptors (Lipinski definition) is 4. The molecule has 5 nitrogen and oxygen atoms in total. The number of aromatic nitrogens is 2. The first-order chi connectivity index (χ1) is 12.1. The van der Waals surface area contributed by atoms with Crippen LogP contribution in [0.1, 0.15) is 21.5 Å². The number of halogens is 1. The molecule has 0 aliphatic rings. The molecule has 6 heteroatoms. The maximum atomic E-state index is 12.1. The van der Waals surface area contributed by atoms with E-state index in [1.807, 2.05) is 12.1 Å². The molecule has 0 radical (unpaired) electrons. The number of benzene rings is 2. The SMILES string of the molecule is Cc1cccc(CNc2ccc(NC(=O)c3ccc(Cl)cc3)nn2)c1. The summed E-state index contributed by atoms with van der Waals surface area (Å²) in [4.78, 5) is 12.1. The van der Waals surface area contributed by atoms with Gasteiger partial charge < -0.3 is 10.6 Å². The van der Waals surface area contributed by atoms with Gasteiger partial charge in [-0.2, -0.15) is 0 Å². The number of nitrogens with one attached hydrogen (secondary N) is 2. The van der Waals surface area contributed by atoms with Crippen molar-refractivity contribution in [2.24, 2.45) is 0 Å². The molecule has 1 aromatic heterocycles. The molecule has 0 saturated heterocycles. The number of rotatable bonds is 5. The second kappa shape index (κ2) is 7.77. The molecule has 0 spiro atoms. The Morgan fingerprint density at radius 3 is 2.40 bits per heavy atom. The quantitative estimate of drug-likeness (QED) is 0.718. The van der Waals surface area contributed by atoms with Gasteiger partial charge in [0.15, 0.2) is 5.82 Å². The molecule has 0 saturated carbocycles. The second-order valence-corrected chi connectivity index (χ2v) is 6.04. The fourth-order valence-corrected chi connectivity index (χ4v) is 2.42. The first-order valence-corrected chi connectivity index (χ1v) is 8.18. The minimum absolute atomic E-state index is 0.258. The third-order valence-corrected chi connectivity index (χ3v) is 3.82. The van der Waals surface area contributed by atoms with Gasteiger partial charge in [0.1, 0.15) is 5.82 Å². The Hall–Kier alpha value is -2.92. The largest absolute Gasteiger partial charge is 0.365 e. The summed E-state index contributed by atoms with van der Waals surface area (Å²) in [5, 5.41) is 14.6. The van der Waals surface area contributed by atoms with Gasteiger partial charge in [-0.15, -0.1) is 10.2 Å². The summed E-state index contributed by atoms with van der Waals surface area (Å²) in [6, 6.07) is 18.4. The third kappa shape index (κ3) is 4.78. The molecule has 0 unspecified atom stereocenters. The van der Waals surface area contributed by atoms with Crippen molar-refractivity contribution in [1.82, 2.24) is 10.2 Å². The maximum Gasteiger partial charge on any atom is 0.256 e.